The number of benzene rings is 2. The summed E-state index contributed by atoms with van der Waals surface area (Å²) in [5.41, 5.74) is 0.637. The van der Waals surface area contributed by atoms with Gasteiger partial charge in [0.15, 0.2) is 0 Å². The van der Waals surface area contributed by atoms with Crippen molar-refractivity contribution in [2.75, 3.05) is 5.32 Å². The fourth-order valence-corrected chi connectivity index (χ4v) is 1.99. The highest BCUT2D eigenvalue weighted by Gasteiger charge is 2.12. The second kappa shape index (κ2) is 6.36. The summed E-state index contributed by atoms with van der Waals surface area (Å²) in [5.74, 6) is -1.37. The van der Waals surface area contributed by atoms with E-state index in [1.54, 1.807) is 25.1 Å². The molecule has 0 saturated carbocycles. The summed E-state index contributed by atoms with van der Waals surface area (Å²) in [6.07, 6.45) is -0.770. The van der Waals surface area contributed by atoms with E-state index in [0.717, 1.165) is 6.07 Å². The molecule has 2 rings (SSSR count). The van der Waals surface area contributed by atoms with Crippen molar-refractivity contribution in [2.45, 2.75) is 6.92 Å². The monoisotopic (exact) mass is 321 g/mol. The van der Waals surface area contributed by atoms with Gasteiger partial charge >= 0.3 is 12.1 Å². The predicted molar refractivity (Wildman–Crippen MR) is 80.9 cm³/mol. The molecule has 0 atom stereocenters. The number of hydrogen-bond donors (Lipinski definition) is 3. The van der Waals surface area contributed by atoms with E-state index in [4.69, 9.17) is 21.4 Å². The van der Waals surface area contributed by atoms with E-state index < -0.39 is 17.8 Å². The van der Waals surface area contributed by atoms with Crippen molar-refractivity contribution in [3.05, 3.63) is 52.5 Å². The number of halogens is 1. The van der Waals surface area contributed by atoms with Crippen LogP contribution >= 0.6 is 11.6 Å². The van der Waals surface area contributed by atoms with Gasteiger partial charge in [0.05, 0.1) is 0 Å². The van der Waals surface area contributed by atoms with Crippen LogP contribution in [0.25, 0.3) is 0 Å². The molecular formula is C15H12ClNO5. The fraction of sp³-hybridized carbons (Fsp3) is 0.0667. The summed E-state index contributed by atoms with van der Waals surface area (Å²) in [7, 11) is 0. The molecule has 0 fully saturated rings. The lowest BCUT2D eigenvalue weighted by Crippen LogP contribution is -2.17. The highest BCUT2D eigenvalue weighted by molar-refractivity contribution is 6.30. The van der Waals surface area contributed by atoms with Crippen LogP contribution in [0.5, 0.6) is 11.5 Å². The van der Waals surface area contributed by atoms with Gasteiger partial charge < -0.3 is 14.9 Å². The van der Waals surface area contributed by atoms with Gasteiger partial charge in [-0.3, -0.25) is 5.32 Å². The van der Waals surface area contributed by atoms with Crippen molar-refractivity contribution in [2.24, 2.45) is 0 Å². The lowest BCUT2D eigenvalue weighted by Gasteiger charge is -2.09. The molecule has 0 aliphatic heterocycles. The molecule has 114 valence electrons. The quantitative estimate of drug-likeness (QED) is 0.801. The molecule has 0 unspecified atom stereocenters. The van der Waals surface area contributed by atoms with Crippen molar-refractivity contribution in [3.63, 3.8) is 0 Å². The minimum atomic E-state index is -1.26. The van der Waals surface area contributed by atoms with Crippen molar-refractivity contribution < 1.29 is 24.5 Å². The van der Waals surface area contributed by atoms with Crippen LogP contribution < -0.4 is 10.1 Å². The Bertz CT molecular complexity index is 745. The maximum absolute atomic E-state index is 11.8. The molecule has 0 aliphatic rings. The van der Waals surface area contributed by atoms with Crippen molar-refractivity contribution in [3.8, 4) is 11.5 Å². The van der Waals surface area contributed by atoms with Crippen molar-refractivity contribution in [1.29, 1.82) is 0 Å². The Hall–Kier alpha value is -2.73. The molecule has 1 amide bonds. The lowest BCUT2D eigenvalue weighted by atomic mass is 10.2. The van der Waals surface area contributed by atoms with Crippen LogP contribution in [0.1, 0.15) is 15.9 Å². The highest BCUT2D eigenvalue weighted by atomic mass is 35.5. The Morgan fingerprint density at radius 1 is 1.18 bits per heavy atom. The van der Waals surface area contributed by atoms with Gasteiger partial charge in [-0.05, 0) is 42.8 Å². The maximum Gasteiger partial charge on any atom is 0.417 e. The first kappa shape index (κ1) is 15.7. The van der Waals surface area contributed by atoms with Crippen LogP contribution in [0.2, 0.25) is 5.02 Å². The molecule has 0 aliphatic carbocycles. The number of aromatic hydroxyl groups is 1. The van der Waals surface area contributed by atoms with E-state index >= 15 is 0 Å². The van der Waals surface area contributed by atoms with Gasteiger partial charge in [-0.2, -0.15) is 0 Å². The normalized spacial score (nSPS) is 10.1. The maximum atomic E-state index is 11.8. The molecule has 0 heterocycles. The lowest BCUT2D eigenvalue weighted by molar-refractivity contribution is 0.0693. The van der Waals surface area contributed by atoms with Gasteiger partial charge in [-0.15, -0.1) is 0 Å². The number of aromatic carboxylic acids is 1. The van der Waals surface area contributed by atoms with Gasteiger partial charge in [0.1, 0.15) is 17.1 Å². The highest BCUT2D eigenvalue weighted by Crippen LogP contribution is 2.24. The molecule has 3 N–H and O–H groups in total. The summed E-state index contributed by atoms with van der Waals surface area (Å²) >= 11 is 5.81. The predicted octanol–water partition coefficient (Wildman–Crippen LogP) is 3.66. The fourth-order valence-electron chi connectivity index (χ4n) is 1.76. The number of carbonyl (C=O) groups excluding carboxylic acids is 1. The average molecular weight is 322 g/mol. The second-order valence-corrected chi connectivity index (χ2v) is 4.90. The minimum absolute atomic E-state index is 0.208. The summed E-state index contributed by atoms with van der Waals surface area (Å²) in [5, 5.41) is 21.3. The Morgan fingerprint density at radius 2 is 1.91 bits per heavy atom. The topological polar surface area (TPSA) is 95.9 Å². The third-order valence-electron chi connectivity index (χ3n) is 2.81. The zero-order valence-electron chi connectivity index (χ0n) is 11.5. The van der Waals surface area contributed by atoms with Crippen LogP contribution in [0, 0.1) is 6.92 Å². The van der Waals surface area contributed by atoms with E-state index in [9.17, 15) is 14.7 Å². The molecule has 0 aromatic heterocycles. The van der Waals surface area contributed by atoms with Gasteiger partial charge in [0.25, 0.3) is 0 Å². The first-order valence-electron chi connectivity index (χ1n) is 6.18. The summed E-state index contributed by atoms with van der Waals surface area (Å²) < 4.78 is 5.12. The van der Waals surface area contributed by atoms with Gasteiger partial charge in [0.2, 0.25) is 0 Å². The standard InChI is InChI=1S/C15H12ClNO5/c1-8-6-9(16)2-5-13(8)22-15(21)17-10-3-4-11(14(19)20)12(18)7-10/h2-7,18H,1H3,(H,17,21)(H,19,20). The zero-order valence-corrected chi connectivity index (χ0v) is 12.2. The third-order valence-corrected chi connectivity index (χ3v) is 3.05. The Morgan fingerprint density at radius 3 is 2.50 bits per heavy atom. The van der Waals surface area contributed by atoms with Gasteiger partial charge in [0, 0.05) is 16.8 Å². The number of amides is 1. The number of ether oxygens (including phenoxy) is 1. The number of carbonyl (C=O) groups is 2. The molecule has 22 heavy (non-hydrogen) atoms. The molecule has 7 heteroatoms. The Balaban J connectivity index is 2.09. The van der Waals surface area contributed by atoms with Crippen molar-refractivity contribution in [1.82, 2.24) is 0 Å². The van der Waals surface area contributed by atoms with Crippen LogP contribution in [0.3, 0.4) is 0 Å². The van der Waals surface area contributed by atoms with Crippen LogP contribution in [0.4, 0.5) is 10.5 Å². The third kappa shape index (κ3) is 3.67. The molecule has 6 nitrogen and oxygen atoms in total. The first-order chi connectivity index (χ1) is 10.4. The van der Waals surface area contributed by atoms with E-state index in [0.29, 0.717) is 16.3 Å². The number of hydrogen-bond acceptors (Lipinski definition) is 4. The number of phenols is 1. The summed E-state index contributed by atoms with van der Waals surface area (Å²) in [6, 6.07) is 8.45. The van der Waals surface area contributed by atoms with Crippen molar-refractivity contribution >= 4 is 29.4 Å². The number of anilines is 1. The molecule has 0 radical (unpaired) electrons. The van der Waals surface area contributed by atoms with E-state index in [2.05, 4.69) is 5.32 Å². The number of carboxylic acid groups (broad SMARTS) is 1. The molecule has 0 spiro atoms. The Kier molecular flexibility index (Phi) is 4.53. The summed E-state index contributed by atoms with van der Waals surface area (Å²) in [6.45, 7) is 1.74. The molecule has 2 aromatic carbocycles. The molecule has 0 saturated heterocycles. The number of aryl methyl sites for hydroxylation is 1. The van der Waals surface area contributed by atoms with Crippen LogP contribution in [-0.2, 0) is 0 Å². The average Bonchev–Trinajstić information content (AvgIpc) is 2.41. The summed E-state index contributed by atoms with van der Waals surface area (Å²) in [4.78, 5) is 22.6. The van der Waals surface area contributed by atoms with E-state index in [1.165, 1.54) is 12.1 Å². The van der Waals surface area contributed by atoms with E-state index in [1.807, 2.05) is 0 Å². The zero-order chi connectivity index (χ0) is 16.3. The van der Waals surface area contributed by atoms with Crippen LogP contribution in [-0.4, -0.2) is 22.3 Å². The van der Waals surface area contributed by atoms with Crippen LogP contribution in [0.15, 0.2) is 36.4 Å². The first-order valence-corrected chi connectivity index (χ1v) is 6.56. The molecular weight excluding hydrogens is 310 g/mol. The number of nitrogens with one attached hydrogen (secondary N) is 1. The van der Waals surface area contributed by atoms with Gasteiger partial charge in [-0.25, -0.2) is 9.59 Å². The Labute approximate surface area is 130 Å². The number of rotatable bonds is 3. The SMILES string of the molecule is Cc1cc(Cl)ccc1OC(=O)Nc1ccc(C(=O)O)c(O)c1. The molecule has 0 bridgehead atoms. The van der Waals surface area contributed by atoms with Gasteiger partial charge in [-0.1, -0.05) is 11.6 Å². The van der Waals surface area contributed by atoms with E-state index in [-0.39, 0.29) is 11.3 Å². The second-order valence-electron chi connectivity index (χ2n) is 4.46. The number of carboxylic acids is 1. The smallest absolute Gasteiger partial charge is 0.417 e. The molecule has 2 aromatic rings. The largest absolute Gasteiger partial charge is 0.507 e. The minimum Gasteiger partial charge on any atom is -0.507 e.